The molecule has 0 fully saturated rings. The lowest BCUT2D eigenvalue weighted by Crippen LogP contribution is -2.31. The summed E-state index contributed by atoms with van der Waals surface area (Å²) in [5.41, 5.74) is 2.03. The summed E-state index contributed by atoms with van der Waals surface area (Å²) >= 11 is 5.44. The first-order chi connectivity index (χ1) is 7.65. The standard InChI is InChI=1S/C12H15N3S/c1-4-14(3)15-11-10(6-5-7-13-11)8-9(2)12(15)16/h5-8H,4H2,1-3H3. The first-order valence-corrected chi connectivity index (χ1v) is 5.74. The number of hydrogen-bond donors (Lipinski definition) is 0. The highest BCUT2D eigenvalue weighted by Crippen LogP contribution is 2.15. The lowest BCUT2D eigenvalue weighted by molar-refractivity contribution is 0.674. The van der Waals surface area contributed by atoms with Crippen LogP contribution in [0.4, 0.5) is 0 Å². The van der Waals surface area contributed by atoms with E-state index in [1.54, 1.807) is 6.20 Å². The molecule has 0 saturated heterocycles. The number of hydrogen-bond acceptors (Lipinski definition) is 3. The largest absolute Gasteiger partial charge is 0.313 e. The van der Waals surface area contributed by atoms with E-state index in [0.717, 1.165) is 27.8 Å². The Hall–Kier alpha value is -1.42. The fraction of sp³-hybridized carbons (Fsp3) is 0.333. The van der Waals surface area contributed by atoms with Crippen molar-refractivity contribution < 1.29 is 0 Å². The van der Waals surface area contributed by atoms with Gasteiger partial charge in [-0.3, -0.25) is 0 Å². The van der Waals surface area contributed by atoms with Gasteiger partial charge in [0, 0.05) is 25.2 Å². The summed E-state index contributed by atoms with van der Waals surface area (Å²) in [5.74, 6) is 0. The normalized spacial score (nSPS) is 10.7. The molecule has 0 N–H and O–H groups in total. The fourth-order valence-electron chi connectivity index (χ4n) is 1.72. The average molecular weight is 233 g/mol. The molecule has 0 aliphatic heterocycles. The van der Waals surface area contributed by atoms with E-state index in [0.29, 0.717) is 0 Å². The molecule has 3 nitrogen and oxygen atoms in total. The molecule has 0 atom stereocenters. The minimum absolute atomic E-state index is 0.829. The molecule has 0 saturated carbocycles. The molecule has 16 heavy (non-hydrogen) atoms. The van der Waals surface area contributed by atoms with E-state index >= 15 is 0 Å². The van der Waals surface area contributed by atoms with E-state index in [1.807, 2.05) is 24.7 Å². The van der Waals surface area contributed by atoms with Gasteiger partial charge in [0.1, 0.15) is 4.64 Å². The van der Waals surface area contributed by atoms with Crippen LogP contribution in [-0.2, 0) is 0 Å². The van der Waals surface area contributed by atoms with Crippen molar-refractivity contribution in [2.45, 2.75) is 13.8 Å². The van der Waals surface area contributed by atoms with Crippen molar-refractivity contribution in [3.8, 4) is 0 Å². The highest BCUT2D eigenvalue weighted by molar-refractivity contribution is 7.71. The minimum Gasteiger partial charge on any atom is -0.313 e. The number of pyridine rings is 2. The summed E-state index contributed by atoms with van der Waals surface area (Å²) in [7, 11) is 2.02. The molecule has 0 radical (unpaired) electrons. The molecule has 0 aromatic carbocycles. The van der Waals surface area contributed by atoms with E-state index < -0.39 is 0 Å². The number of rotatable bonds is 2. The first kappa shape index (κ1) is 11.1. The van der Waals surface area contributed by atoms with Crippen molar-refractivity contribution in [3.63, 3.8) is 0 Å². The molecule has 0 bridgehead atoms. The van der Waals surface area contributed by atoms with Gasteiger partial charge in [0.25, 0.3) is 0 Å². The van der Waals surface area contributed by atoms with Crippen LogP contribution in [0.25, 0.3) is 11.0 Å². The fourth-order valence-corrected chi connectivity index (χ4v) is 2.00. The molecule has 84 valence electrons. The van der Waals surface area contributed by atoms with Crippen molar-refractivity contribution in [3.05, 3.63) is 34.6 Å². The van der Waals surface area contributed by atoms with Gasteiger partial charge in [-0.2, -0.15) is 0 Å². The van der Waals surface area contributed by atoms with Gasteiger partial charge in [-0.1, -0.05) is 12.2 Å². The van der Waals surface area contributed by atoms with Crippen molar-refractivity contribution in [2.24, 2.45) is 0 Å². The van der Waals surface area contributed by atoms with Crippen molar-refractivity contribution in [2.75, 3.05) is 18.6 Å². The lowest BCUT2D eigenvalue weighted by atomic mass is 10.2. The summed E-state index contributed by atoms with van der Waals surface area (Å²) in [4.78, 5) is 4.41. The van der Waals surface area contributed by atoms with Crippen molar-refractivity contribution in [1.82, 2.24) is 9.66 Å². The zero-order valence-corrected chi connectivity index (χ0v) is 10.6. The molecular weight excluding hydrogens is 218 g/mol. The van der Waals surface area contributed by atoms with Crippen LogP contribution in [0.2, 0.25) is 0 Å². The molecule has 0 spiro atoms. The van der Waals surface area contributed by atoms with Crippen LogP contribution in [0.15, 0.2) is 24.4 Å². The predicted octanol–water partition coefficient (Wildman–Crippen LogP) is 2.66. The Bertz CT molecular complexity index is 574. The van der Waals surface area contributed by atoms with Crippen molar-refractivity contribution >= 4 is 23.3 Å². The lowest BCUT2D eigenvalue weighted by Gasteiger charge is -2.23. The first-order valence-electron chi connectivity index (χ1n) is 5.34. The van der Waals surface area contributed by atoms with Crippen LogP contribution in [0.1, 0.15) is 12.5 Å². The third kappa shape index (κ3) is 1.69. The summed E-state index contributed by atoms with van der Waals surface area (Å²) in [5, 5.41) is 3.19. The van der Waals surface area contributed by atoms with Crippen LogP contribution >= 0.6 is 12.2 Å². The maximum absolute atomic E-state index is 5.44. The molecule has 0 amide bonds. The minimum atomic E-state index is 0.829. The van der Waals surface area contributed by atoms with E-state index in [1.165, 1.54) is 0 Å². The van der Waals surface area contributed by atoms with Gasteiger partial charge in [-0.15, -0.1) is 0 Å². The third-order valence-corrected chi connectivity index (χ3v) is 3.21. The zero-order valence-electron chi connectivity index (χ0n) is 9.77. The van der Waals surface area contributed by atoms with E-state index in [9.17, 15) is 0 Å². The second-order valence-corrected chi connectivity index (χ2v) is 4.22. The molecule has 4 heteroatoms. The highest BCUT2D eigenvalue weighted by atomic mass is 32.1. The predicted molar refractivity (Wildman–Crippen MR) is 70.0 cm³/mol. The van der Waals surface area contributed by atoms with E-state index in [-0.39, 0.29) is 0 Å². The van der Waals surface area contributed by atoms with Crippen LogP contribution in [-0.4, -0.2) is 23.3 Å². The Balaban J connectivity index is 2.87. The average Bonchev–Trinajstić information content (AvgIpc) is 2.30. The smallest absolute Gasteiger partial charge is 0.159 e. The number of aryl methyl sites for hydroxylation is 1. The monoisotopic (exact) mass is 233 g/mol. The van der Waals surface area contributed by atoms with Crippen LogP contribution < -0.4 is 5.01 Å². The molecule has 2 aromatic heterocycles. The third-order valence-electron chi connectivity index (χ3n) is 2.72. The molecular formula is C12H15N3S. The summed E-state index contributed by atoms with van der Waals surface area (Å²) < 4.78 is 2.83. The topological polar surface area (TPSA) is 21.1 Å². The summed E-state index contributed by atoms with van der Waals surface area (Å²) in [6.45, 7) is 5.02. The Morgan fingerprint density at radius 2 is 2.25 bits per heavy atom. The van der Waals surface area contributed by atoms with Gasteiger partial charge < -0.3 is 5.01 Å². The molecule has 2 aromatic rings. The van der Waals surface area contributed by atoms with E-state index in [2.05, 4.69) is 29.0 Å². The van der Waals surface area contributed by atoms with Gasteiger partial charge in [-0.05, 0) is 37.6 Å². The van der Waals surface area contributed by atoms with Crippen LogP contribution in [0, 0.1) is 11.6 Å². The number of aromatic nitrogens is 2. The van der Waals surface area contributed by atoms with Gasteiger partial charge in [-0.25, -0.2) is 9.66 Å². The molecule has 2 heterocycles. The summed E-state index contributed by atoms with van der Waals surface area (Å²) in [6, 6.07) is 6.09. The Kier molecular flexibility index (Phi) is 2.92. The maximum Gasteiger partial charge on any atom is 0.159 e. The van der Waals surface area contributed by atoms with Crippen LogP contribution in [0.5, 0.6) is 0 Å². The molecule has 0 aliphatic rings. The quantitative estimate of drug-likeness (QED) is 0.744. The van der Waals surface area contributed by atoms with E-state index in [4.69, 9.17) is 12.2 Å². The Morgan fingerprint density at radius 1 is 1.50 bits per heavy atom. The van der Waals surface area contributed by atoms with Crippen LogP contribution in [0.3, 0.4) is 0 Å². The number of nitrogens with zero attached hydrogens (tertiary/aromatic N) is 3. The highest BCUT2D eigenvalue weighted by Gasteiger charge is 2.07. The molecule has 0 unspecified atom stereocenters. The van der Waals surface area contributed by atoms with Gasteiger partial charge in [0.15, 0.2) is 5.65 Å². The number of fused-ring (bicyclic) bond motifs is 1. The second kappa shape index (κ2) is 4.22. The molecule has 2 rings (SSSR count). The van der Waals surface area contributed by atoms with Gasteiger partial charge in [0.2, 0.25) is 0 Å². The Morgan fingerprint density at radius 3 is 2.94 bits per heavy atom. The Labute approximate surface area is 100 Å². The van der Waals surface area contributed by atoms with Crippen molar-refractivity contribution in [1.29, 1.82) is 0 Å². The summed E-state index contributed by atoms with van der Waals surface area (Å²) in [6.07, 6.45) is 1.80. The second-order valence-electron chi connectivity index (χ2n) is 3.83. The van der Waals surface area contributed by atoms with Gasteiger partial charge >= 0.3 is 0 Å². The zero-order chi connectivity index (χ0) is 11.7. The SMILES string of the molecule is CCN(C)n1c(=S)c(C)cc2cccnc21. The molecule has 0 aliphatic carbocycles. The van der Waals surface area contributed by atoms with Gasteiger partial charge in [0.05, 0.1) is 0 Å². The maximum atomic E-state index is 5.44.